The van der Waals surface area contributed by atoms with Crippen LogP contribution in [0.2, 0.25) is 0 Å². The molecule has 0 spiro atoms. The third-order valence-corrected chi connectivity index (χ3v) is 2.72. The van der Waals surface area contributed by atoms with Crippen molar-refractivity contribution in [3.05, 3.63) is 23.8 Å². The number of carbonyl (C=O) groups is 1. The Kier molecular flexibility index (Phi) is 5.63. The number of methoxy groups -OCH3 is 1. The summed E-state index contributed by atoms with van der Waals surface area (Å²) in [6.07, 6.45) is 0. The first-order valence-electron chi connectivity index (χ1n) is 6.33. The summed E-state index contributed by atoms with van der Waals surface area (Å²) in [6.45, 7) is 5.91. The number of amides is 1. The van der Waals surface area contributed by atoms with Gasteiger partial charge in [0, 0.05) is 17.6 Å². The van der Waals surface area contributed by atoms with E-state index in [1.807, 2.05) is 20.8 Å². The number of hydrogen-bond donors (Lipinski definition) is 3. The number of carbonyl (C=O) groups excluding carboxylic acids is 1. The van der Waals surface area contributed by atoms with Gasteiger partial charge in [0.1, 0.15) is 11.5 Å². The molecule has 0 heterocycles. The number of hydrogen-bond acceptors (Lipinski definition) is 4. The normalized spacial score (nSPS) is 12.3. The van der Waals surface area contributed by atoms with Crippen molar-refractivity contribution in [2.45, 2.75) is 32.9 Å². The fourth-order valence-electron chi connectivity index (χ4n) is 1.74. The van der Waals surface area contributed by atoms with Crippen LogP contribution in [0.4, 0.5) is 0 Å². The van der Waals surface area contributed by atoms with Gasteiger partial charge in [-0.15, -0.1) is 0 Å². The summed E-state index contributed by atoms with van der Waals surface area (Å²) in [5, 5.41) is 15.7. The number of nitrogens with one attached hydrogen (secondary N) is 2. The topological polar surface area (TPSA) is 70.6 Å². The van der Waals surface area contributed by atoms with E-state index in [-0.39, 0.29) is 30.3 Å². The van der Waals surface area contributed by atoms with E-state index in [4.69, 9.17) is 4.74 Å². The van der Waals surface area contributed by atoms with E-state index in [2.05, 4.69) is 10.6 Å². The predicted molar refractivity (Wildman–Crippen MR) is 74.4 cm³/mol. The lowest BCUT2D eigenvalue weighted by molar-refractivity contribution is -0.120. The summed E-state index contributed by atoms with van der Waals surface area (Å²) in [4.78, 5) is 11.5. The molecule has 0 saturated carbocycles. The van der Waals surface area contributed by atoms with Crippen LogP contribution in [0.5, 0.6) is 11.5 Å². The molecule has 1 atom stereocenters. The fourth-order valence-corrected chi connectivity index (χ4v) is 1.74. The van der Waals surface area contributed by atoms with E-state index < -0.39 is 0 Å². The highest BCUT2D eigenvalue weighted by Gasteiger charge is 2.13. The molecule has 5 nitrogen and oxygen atoms in total. The van der Waals surface area contributed by atoms with E-state index in [0.29, 0.717) is 11.3 Å². The summed E-state index contributed by atoms with van der Waals surface area (Å²) in [6, 6.07) is 5.01. The number of benzene rings is 1. The van der Waals surface area contributed by atoms with Gasteiger partial charge in [-0.2, -0.15) is 0 Å². The zero-order valence-corrected chi connectivity index (χ0v) is 11.9. The second-order valence-electron chi connectivity index (χ2n) is 4.75. The second kappa shape index (κ2) is 6.99. The van der Waals surface area contributed by atoms with Crippen LogP contribution >= 0.6 is 0 Å². The van der Waals surface area contributed by atoms with E-state index in [1.54, 1.807) is 25.3 Å². The smallest absolute Gasteiger partial charge is 0.234 e. The quantitative estimate of drug-likeness (QED) is 0.731. The molecule has 0 saturated heterocycles. The number of aromatic hydroxyl groups is 1. The second-order valence-corrected chi connectivity index (χ2v) is 4.75. The van der Waals surface area contributed by atoms with Crippen molar-refractivity contribution in [3.63, 3.8) is 0 Å². The lowest BCUT2D eigenvalue weighted by Gasteiger charge is -2.17. The highest BCUT2D eigenvalue weighted by molar-refractivity contribution is 5.78. The van der Waals surface area contributed by atoms with E-state index in [0.717, 1.165) is 0 Å². The van der Waals surface area contributed by atoms with Gasteiger partial charge in [0.25, 0.3) is 0 Å². The van der Waals surface area contributed by atoms with Crippen molar-refractivity contribution in [1.29, 1.82) is 0 Å². The van der Waals surface area contributed by atoms with Gasteiger partial charge < -0.3 is 20.5 Å². The summed E-state index contributed by atoms with van der Waals surface area (Å²) in [5.74, 6) is 0.794. The average Bonchev–Trinajstić information content (AvgIpc) is 2.35. The highest BCUT2D eigenvalue weighted by Crippen LogP contribution is 2.27. The van der Waals surface area contributed by atoms with Crippen LogP contribution in [0.3, 0.4) is 0 Å². The zero-order valence-electron chi connectivity index (χ0n) is 11.9. The monoisotopic (exact) mass is 266 g/mol. The standard InChI is InChI=1S/C14H22N2O3/c1-9(2)16-14(18)8-15-10(3)12-7-11(19-4)5-6-13(12)17/h5-7,9-10,15,17H,8H2,1-4H3,(H,16,18). The molecule has 1 aromatic rings. The van der Waals surface area contributed by atoms with Crippen LogP contribution in [0.15, 0.2) is 18.2 Å². The Morgan fingerprint density at radius 1 is 1.37 bits per heavy atom. The van der Waals surface area contributed by atoms with Crippen molar-refractivity contribution >= 4 is 5.91 Å². The van der Waals surface area contributed by atoms with Crippen molar-refractivity contribution in [1.82, 2.24) is 10.6 Å². The molecule has 1 rings (SSSR count). The van der Waals surface area contributed by atoms with Gasteiger partial charge in [0.05, 0.1) is 13.7 Å². The SMILES string of the molecule is COc1ccc(O)c(C(C)NCC(=O)NC(C)C)c1. The molecule has 5 heteroatoms. The van der Waals surface area contributed by atoms with Crippen LogP contribution in [0, 0.1) is 0 Å². The Balaban J connectivity index is 2.62. The van der Waals surface area contributed by atoms with Crippen LogP contribution < -0.4 is 15.4 Å². The molecule has 0 bridgehead atoms. The summed E-state index contributed by atoms with van der Waals surface area (Å²) < 4.78 is 5.12. The van der Waals surface area contributed by atoms with Crippen molar-refractivity contribution < 1.29 is 14.6 Å². The Labute approximate surface area is 114 Å². The maximum absolute atomic E-state index is 11.5. The Hall–Kier alpha value is -1.75. The van der Waals surface area contributed by atoms with E-state index in [1.165, 1.54) is 0 Å². The van der Waals surface area contributed by atoms with Gasteiger partial charge in [0.15, 0.2) is 0 Å². The predicted octanol–water partition coefficient (Wildman–Crippen LogP) is 1.58. The summed E-state index contributed by atoms with van der Waals surface area (Å²) >= 11 is 0. The van der Waals surface area contributed by atoms with E-state index >= 15 is 0 Å². The third kappa shape index (κ3) is 4.79. The number of phenolic OH excluding ortho intramolecular Hbond substituents is 1. The van der Waals surface area contributed by atoms with Gasteiger partial charge in [-0.05, 0) is 39.0 Å². The maximum atomic E-state index is 11.5. The minimum absolute atomic E-state index is 0.0655. The summed E-state index contributed by atoms with van der Waals surface area (Å²) in [7, 11) is 1.57. The number of ether oxygens (including phenoxy) is 1. The van der Waals surface area contributed by atoms with Crippen LogP contribution in [0.25, 0.3) is 0 Å². The lowest BCUT2D eigenvalue weighted by atomic mass is 10.1. The zero-order chi connectivity index (χ0) is 14.4. The Morgan fingerprint density at radius 3 is 2.63 bits per heavy atom. The van der Waals surface area contributed by atoms with Gasteiger partial charge in [-0.25, -0.2) is 0 Å². The molecular weight excluding hydrogens is 244 g/mol. The molecule has 0 aliphatic heterocycles. The Bertz CT molecular complexity index is 433. The van der Waals surface area contributed by atoms with Gasteiger partial charge >= 0.3 is 0 Å². The molecule has 0 radical (unpaired) electrons. The molecule has 106 valence electrons. The first-order chi connectivity index (χ1) is 8.93. The molecule has 1 amide bonds. The van der Waals surface area contributed by atoms with Gasteiger partial charge in [0.2, 0.25) is 5.91 Å². The van der Waals surface area contributed by atoms with E-state index in [9.17, 15) is 9.90 Å². The molecule has 0 fully saturated rings. The Morgan fingerprint density at radius 2 is 2.05 bits per heavy atom. The molecule has 1 aromatic carbocycles. The largest absolute Gasteiger partial charge is 0.508 e. The lowest BCUT2D eigenvalue weighted by Crippen LogP contribution is -2.38. The van der Waals surface area contributed by atoms with Crippen LogP contribution in [-0.4, -0.2) is 30.7 Å². The average molecular weight is 266 g/mol. The van der Waals surface area contributed by atoms with Crippen molar-refractivity contribution in [2.75, 3.05) is 13.7 Å². The van der Waals surface area contributed by atoms with Crippen LogP contribution in [0.1, 0.15) is 32.4 Å². The molecule has 0 aliphatic carbocycles. The number of rotatable bonds is 6. The fraction of sp³-hybridized carbons (Fsp3) is 0.500. The highest BCUT2D eigenvalue weighted by atomic mass is 16.5. The minimum Gasteiger partial charge on any atom is -0.508 e. The molecule has 1 unspecified atom stereocenters. The maximum Gasteiger partial charge on any atom is 0.234 e. The third-order valence-electron chi connectivity index (χ3n) is 2.72. The first-order valence-corrected chi connectivity index (χ1v) is 6.33. The molecule has 0 aromatic heterocycles. The van der Waals surface area contributed by atoms with Crippen molar-refractivity contribution in [3.8, 4) is 11.5 Å². The van der Waals surface area contributed by atoms with Crippen molar-refractivity contribution in [2.24, 2.45) is 0 Å². The minimum atomic E-state index is -0.145. The first kappa shape index (κ1) is 15.3. The molecule has 19 heavy (non-hydrogen) atoms. The molecule has 0 aliphatic rings. The molecule has 3 N–H and O–H groups in total. The van der Waals surface area contributed by atoms with Gasteiger partial charge in [-0.3, -0.25) is 4.79 Å². The number of phenols is 1. The van der Waals surface area contributed by atoms with Gasteiger partial charge in [-0.1, -0.05) is 0 Å². The molecular formula is C14H22N2O3. The van der Waals surface area contributed by atoms with Crippen LogP contribution in [-0.2, 0) is 4.79 Å². The summed E-state index contributed by atoms with van der Waals surface area (Å²) in [5.41, 5.74) is 0.705.